The van der Waals surface area contributed by atoms with Gasteiger partial charge in [0, 0.05) is 31.5 Å². The third-order valence-electron chi connectivity index (χ3n) is 4.70. The van der Waals surface area contributed by atoms with E-state index in [0.717, 1.165) is 19.6 Å². The molecule has 2 bridgehead atoms. The molecule has 2 saturated heterocycles. The van der Waals surface area contributed by atoms with Gasteiger partial charge in [-0.15, -0.1) is 0 Å². The number of hydrogen-bond donors (Lipinski definition) is 1. The Morgan fingerprint density at radius 1 is 1.11 bits per heavy atom. The minimum Gasteiger partial charge on any atom is -0.392 e. The number of likely N-dealkylation sites (tertiary alicyclic amines) is 1. The second-order valence-corrected chi connectivity index (χ2v) is 6.04. The van der Waals surface area contributed by atoms with Crippen LogP contribution in [0.3, 0.4) is 0 Å². The molecule has 2 fully saturated rings. The van der Waals surface area contributed by atoms with Gasteiger partial charge in [0.25, 0.3) is 0 Å². The molecule has 2 aliphatic heterocycles. The Morgan fingerprint density at radius 3 is 2.26 bits per heavy atom. The van der Waals surface area contributed by atoms with Gasteiger partial charge in [-0.2, -0.15) is 0 Å². The van der Waals surface area contributed by atoms with Crippen LogP contribution in [0.5, 0.6) is 0 Å². The summed E-state index contributed by atoms with van der Waals surface area (Å²) in [6, 6.07) is 10.6. The van der Waals surface area contributed by atoms with Crippen molar-refractivity contribution < 1.29 is 9.84 Å². The van der Waals surface area contributed by atoms with Crippen molar-refractivity contribution in [3.05, 3.63) is 35.9 Å². The lowest BCUT2D eigenvalue weighted by atomic mass is 9.77. The summed E-state index contributed by atoms with van der Waals surface area (Å²) in [4.78, 5) is 2.47. The molecular weight excluding hydrogens is 238 g/mol. The molecule has 4 atom stereocenters. The molecule has 2 heterocycles. The normalized spacial score (nSPS) is 39.2. The van der Waals surface area contributed by atoms with Gasteiger partial charge in [-0.25, -0.2) is 0 Å². The van der Waals surface area contributed by atoms with E-state index in [-0.39, 0.29) is 30.1 Å². The second-order valence-electron chi connectivity index (χ2n) is 6.04. The van der Waals surface area contributed by atoms with Crippen molar-refractivity contribution in [2.24, 2.45) is 11.8 Å². The number of ether oxygens (including phenoxy) is 1. The molecule has 3 rings (SSSR count). The molecule has 1 N–H and O–H groups in total. The van der Waals surface area contributed by atoms with Crippen LogP contribution < -0.4 is 0 Å². The van der Waals surface area contributed by atoms with Crippen molar-refractivity contribution in [1.29, 1.82) is 0 Å². The van der Waals surface area contributed by atoms with E-state index in [0.29, 0.717) is 0 Å². The van der Waals surface area contributed by atoms with Crippen LogP contribution in [0, 0.1) is 11.8 Å². The first-order valence-electron chi connectivity index (χ1n) is 7.25. The lowest BCUT2D eigenvalue weighted by Gasteiger charge is -2.50. The summed E-state index contributed by atoms with van der Waals surface area (Å²) in [7, 11) is 0. The maximum atomic E-state index is 10.4. The zero-order valence-electron chi connectivity index (χ0n) is 11.7. The maximum absolute atomic E-state index is 10.4. The van der Waals surface area contributed by atoms with E-state index in [1.165, 1.54) is 5.56 Å². The molecule has 1 aromatic carbocycles. The smallest absolute Gasteiger partial charge is 0.0670 e. The van der Waals surface area contributed by atoms with Gasteiger partial charge in [0.2, 0.25) is 0 Å². The zero-order chi connectivity index (χ0) is 13.4. The van der Waals surface area contributed by atoms with Crippen molar-refractivity contribution in [3.8, 4) is 0 Å². The lowest BCUT2D eigenvalue weighted by Crippen LogP contribution is -2.60. The van der Waals surface area contributed by atoms with Crippen molar-refractivity contribution in [2.45, 2.75) is 38.7 Å². The summed E-state index contributed by atoms with van der Waals surface area (Å²) < 4.78 is 5.94. The highest BCUT2D eigenvalue weighted by Gasteiger charge is 2.46. The highest BCUT2D eigenvalue weighted by molar-refractivity contribution is 5.15. The number of hydrogen-bond acceptors (Lipinski definition) is 3. The van der Waals surface area contributed by atoms with E-state index in [2.05, 4.69) is 49.1 Å². The molecule has 0 aromatic heterocycles. The first-order valence-corrected chi connectivity index (χ1v) is 7.25. The third kappa shape index (κ3) is 2.55. The number of benzene rings is 1. The first kappa shape index (κ1) is 13.1. The Labute approximate surface area is 115 Å². The van der Waals surface area contributed by atoms with Crippen LogP contribution in [0.15, 0.2) is 30.3 Å². The van der Waals surface area contributed by atoms with Crippen LogP contribution in [0.25, 0.3) is 0 Å². The topological polar surface area (TPSA) is 32.7 Å². The average Bonchev–Trinajstić information content (AvgIpc) is 2.39. The summed E-state index contributed by atoms with van der Waals surface area (Å²) in [5.74, 6) is 0.498. The molecule has 0 saturated carbocycles. The highest BCUT2D eigenvalue weighted by Crippen LogP contribution is 2.35. The minimum atomic E-state index is -0.203. The van der Waals surface area contributed by atoms with Gasteiger partial charge in [-0.05, 0) is 19.4 Å². The quantitative estimate of drug-likeness (QED) is 0.882. The Balaban J connectivity index is 1.72. The van der Waals surface area contributed by atoms with Crippen molar-refractivity contribution in [3.63, 3.8) is 0 Å². The number of aliphatic hydroxyl groups excluding tert-OH is 1. The Bertz CT molecular complexity index is 404. The van der Waals surface area contributed by atoms with E-state index in [1.54, 1.807) is 0 Å². The molecule has 0 radical (unpaired) electrons. The predicted octanol–water partition coefficient (Wildman–Crippen LogP) is 1.90. The number of rotatable bonds is 2. The van der Waals surface area contributed by atoms with Gasteiger partial charge in [0.1, 0.15) is 0 Å². The molecule has 0 spiro atoms. The number of aliphatic hydroxyl groups is 1. The number of nitrogens with zero attached hydrogens (tertiary/aromatic N) is 1. The average molecular weight is 261 g/mol. The van der Waals surface area contributed by atoms with Gasteiger partial charge in [0.05, 0.1) is 18.3 Å². The summed E-state index contributed by atoms with van der Waals surface area (Å²) in [5, 5.41) is 10.4. The van der Waals surface area contributed by atoms with Crippen LogP contribution in [0.1, 0.15) is 19.4 Å². The molecule has 2 aliphatic rings. The van der Waals surface area contributed by atoms with Crippen LogP contribution in [-0.2, 0) is 11.3 Å². The molecule has 4 unspecified atom stereocenters. The summed E-state index contributed by atoms with van der Waals surface area (Å²) in [6.07, 6.45) is 0.102. The van der Waals surface area contributed by atoms with Gasteiger partial charge >= 0.3 is 0 Å². The second kappa shape index (κ2) is 5.23. The maximum Gasteiger partial charge on any atom is 0.0670 e. The molecule has 19 heavy (non-hydrogen) atoms. The molecule has 3 heteroatoms. The molecule has 0 aliphatic carbocycles. The Kier molecular flexibility index (Phi) is 3.61. The van der Waals surface area contributed by atoms with E-state index < -0.39 is 0 Å². The van der Waals surface area contributed by atoms with Crippen LogP contribution in [-0.4, -0.2) is 41.4 Å². The first-order chi connectivity index (χ1) is 9.15. The van der Waals surface area contributed by atoms with E-state index in [4.69, 9.17) is 4.74 Å². The zero-order valence-corrected chi connectivity index (χ0v) is 11.7. The fourth-order valence-electron chi connectivity index (χ4n) is 3.57. The molecule has 3 nitrogen and oxygen atoms in total. The van der Waals surface area contributed by atoms with Crippen LogP contribution in [0.4, 0.5) is 0 Å². The Morgan fingerprint density at radius 2 is 1.68 bits per heavy atom. The van der Waals surface area contributed by atoms with Gasteiger partial charge in [0.15, 0.2) is 0 Å². The van der Waals surface area contributed by atoms with E-state index in [9.17, 15) is 5.11 Å². The number of piperidine rings is 1. The molecule has 0 amide bonds. The van der Waals surface area contributed by atoms with Crippen molar-refractivity contribution in [1.82, 2.24) is 4.90 Å². The SMILES string of the molecule is CC1OC(C)C2CN(Cc3ccccc3)CC1C2O. The monoisotopic (exact) mass is 261 g/mol. The third-order valence-corrected chi connectivity index (χ3v) is 4.70. The van der Waals surface area contributed by atoms with Gasteiger partial charge in [-0.3, -0.25) is 4.90 Å². The fraction of sp³-hybridized carbons (Fsp3) is 0.625. The standard InChI is InChI=1S/C16H23NO2/c1-11-14-9-17(8-13-6-4-3-5-7-13)10-15(16(14)18)12(2)19-11/h3-7,11-12,14-16,18H,8-10H2,1-2H3. The van der Waals surface area contributed by atoms with Crippen LogP contribution in [0.2, 0.25) is 0 Å². The summed E-state index contributed by atoms with van der Waals surface area (Å²) in [5.41, 5.74) is 1.35. The largest absolute Gasteiger partial charge is 0.392 e. The highest BCUT2D eigenvalue weighted by atomic mass is 16.5. The van der Waals surface area contributed by atoms with E-state index in [1.807, 2.05) is 0 Å². The summed E-state index contributed by atoms with van der Waals surface area (Å²) >= 11 is 0. The molecule has 1 aromatic rings. The van der Waals surface area contributed by atoms with Gasteiger partial charge < -0.3 is 9.84 Å². The Hall–Kier alpha value is -0.900. The lowest BCUT2D eigenvalue weighted by molar-refractivity contribution is -0.192. The van der Waals surface area contributed by atoms with Crippen LogP contribution >= 0.6 is 0 Å². The van der Waals surface area contributed by atoms with Crippen molar-refractivity contribution >= 4 is 0 Å². The van der Waals surface area contributed by atoms with Gasteiger partial charge in [-0.1, -0.05) is 30.3 Å². The predicted molar refractivity (Wildman–Crippen MR) is 74.7 cm³/mol. The molecular formula is C16H23NO2. The molecule has 104 valence electrons. The number of fused-ring (bicyclic) bond motifs is 2. The van der Waals surface area contributed by atoms with Crippen molar-refractivity contribution in [2.75, 3.05) is 13.1 Å². The fourth-order valence-corrected chi connectivity index (χ4v) is 3.57. The minimum absolute atomic E-state index is 0.153. The summed E-state index contributed by atoms with van der Waals surface area (Å²) in [6.45, 7) is 7.01. The van der Waals surface area contributed by atoms with E-state index >= 15 is 0 Å².